The standard InChI is InChI=1S/C23H29ClFN3O4S/c1-5-16(2)26-23(30)17(3)27(14-18-6-8-19(24)9-7-18)22(29)15-28(33(4,31)32)21-12-10-20(25)11-13-21/h6-13,16-17H,5,14-15H2,1-4H3,(H,26,30)/t16-,17-/m0/s1. The Morgan fingerprint density at radius 1 is 1.06 bits per heavy atom. The summed E-state index contributed by atoms with van der Waals surface area (Å²) < 4.78 is 39.1. The Morgan fingerprint density at radius 3 is 2.15 bits per heavy atom. The lowest BCUT2D eigenvalue weighted by Crippen LogP contribution is -2.52. The summed E-state index contributed by atoms with van der Waals surface area (Å²) in [4.78, 5) is 27.5. The fourth-order valence-electron chi connectivity index (χ4n) is 3.06. The predicted molar refractivity (Wildman–Crippen MR) is 128 cm³/mol. The van der Waals surface area contributed by atoms with E-state index in [4.69, 9.17) is 11.6 Å². The molecule has 0 aromatic heterocycles. The van der Waals surface area contributed by atoms with Gasteiger partial charge in [0.05, 0.1) is 11.9 Å². The first kappa shape index (κ1) is 26.6. The summed E-state index contributed by atoms with van der Waals surface area (Å²) >= 11 is 5.95. The van der Waals surface area contributed by atoms with E-state index >= 15 is 0 Å². The molecule has 0 fully saturated rings. The first-order chi connectivity index (χ1) is 15.4. The first-order valence-electron chi connectivity index (χ1n) is 10.5. The zero-order chi connectivity index (χ0) is 24.8. The number of hydrogen-bond acceptors (Lipinski definition) is 4. The molecule has 2 amide bonds. The second kappa shape index (κ2) is 11.5. The topological polar surface area (TPSA) is 86.8 Å². The molecule has 0 heterocycles. The molecule has 0 aliphatic carbocycles. The van der Waals surface area contributed by atoms with Crippen LogP contribution in [0.25, 0.3) is 0 Å². The minimum atomic E-state index is -3.86. The fraction of sp³-hybridized carbons (Fsp3) is 0.391. The highest BCUT2D eigenvalue weighted by atomic mass is 35.5. The van der Waals surface area contributed by atoms with E-state index in [1.807, 2.05) is 13.8 Å². The van der Waals surface area contributed by atoms with Crippen molar-refractivity contribution in [2.75, 3.05) is 17.1 Å². The number of rotatable bonds is 10. The van der Waals surface area contributed by atoms with E-state index in [-0.39, 0.29) is 24.2 Å². The molecular weight excluding hydrogens is 469 g/mol. The van der Waals surface area contributed by atoms with Gasteiger partial charge in [0, 0.05) is 17.6 Å². The monoisotopic (exact) mass is 497 g/mol. The summed E-state index contributed by atoms with van der Waals surface area (Å²) in [7, 11) is -3.86. The molecule has 2 atom stereocenters. The van der Waals surface area contributed by atoms with E-state index in [1.165, 1.54) is 17.0 Å². The van der Waals surface area contributed by atoms with Crippen LogP contribution in [-0.2, 0) is 26.2 Å². The minimum absolute atomic E-state index is 0.0755. The quantitative estimate of drug-likeness (QED) is 0.543. The Kier molecular flexibility index (Phi) is 9.25. The molecule has 33 heavy (non-hydrogen) atoms. The second-order valence-corrected chi connectivity index (χ2v) is 10.2. The molecule has 0 spiro atoms. The van der Waals surface area contributed by atoms with Crippen LogP contribution >= 0.6 is 11.6 Å². The maximum absolute atomic E-state index is 13.4. The van der Waals surface area contributed by atoms with Crippen LogP contribution in [0.4, 0.5) is 10.1 Å². The van der Waals surface area contributed by atoms with Crippen molar-refractivity contribution < 1.29 is 22.4 Å². The average Bonchev–Trinajstić information content (AvgIpc) is 2.76. The smallest absolute Gasteiger partial charge is 0.244 e. The van der Waals surface area contributed by atoms with E-state index < -0.39 is 34.3 Å². The van der Waals surface area contributed by atoms with Crippen molar-refractivity contribution in [3.63, 3.8) is 0 Å². The maximum atomic E-state index is 13.4. The molecule has 0 saturated heterocycles. The number of sulfonamides is 1. The van der Waals surface area contributed by atoms with Gasteiger partial charge >= 0.3 is 0 Å². The van der Waals surface area contributed by atoms with Gasteiger partial charge in [0.15, 0.2) is 0 Å². The van der Waals surface area contributed by atoms with E-state index in [1.54, 1.807) is 31.2 Å². The van der Waals surface area contributed by atoms with Gasteiger partial charge in [0.25, 0.3) is 0 Å². The Bertz CT molecular complexity index is 1060. The third-order valence-corrected chi connectivity index (χ3v) is 6.62. The van der Waals surface area contributed by atoms with Crippen molar-refractivity contribution in [1.82, 2.24) is 10.2 Å². The van der Waals surface area contributed by atoms with Crippen LogP contribution in [0.15, 0.2) is 48.5 Å². The van der Waals surface area contributed by atoms with Gasteiger partial charge in [-0.2, -0.15) is 0 Å². The molecule has 2 rings (SSSR count). The van der Waals surface area contributed by atoms with Crippen LogP contribution in [-0.4, -0.2) is 50.0 Å². The molecule has 10 heteroatoms. The number of hydrogen-bond donors (Lipinski definition) is 1. The van der Waals surface area contributed by atoms with Gasteiger partial charge in [0.2, 0.25) is 21.8 Å². The SMILES string of the molecule is CC[C@H](C)NC(=O)[C@H](C)N(Cc1ccc(Cl)cc1)C(=O)CN(c1ccc(F)cc1)S(C)(=O)=O. The van der Waals surface area contributed by atoms with E-state index in [9.17, 15) is 22.4 Å². The third-order valence-electron chi connectivity index (χ3n) is 5.23. The zero-order valence-corrected chi connectivity index (χ0v) is 20.7. The van der Waals surface area contributed by atoms with E-state index in [0.717, 1.165) is 34.7 Å². The number of halogens is 2. The van der Waals surface area contributed by atoms with Crippen molar-refractivity contribution in [2.24, 2.45) is 0 Å². The van der Waals surface area contributed by atoms with Gasteiger partial charge in [-0.25, -0.2) is 12.8 Å². The highest BCUT2D eigenvalue weighted by Crippen LogP contribution is 2.20. The minimum Gasteiger partial charge on any atom is -0.352 e. The molecule has 7 nitrogen and oxygen atoms in total. The molecule has 2 aromatic carbocycles. The largest absolute Gasteiger partial charge is 0.352 e. The number of carbonyl (C=O) groups is 2. The van der Waals surface area contributed by atoms with Gasteiger partial charge in [-0.05, 0) is 62.2 Å². The summed E-state index contributed by atoms with van der Waals surface area (Å²) in [5.74, 6) is -1.45. The normalized spacial score (nSPS) is 13.2. The number of nitrogens with zero attached hydrogens (tertiary/aromatic N) is 2. The predicted octanol–water partition coefficient (Wildman–Crippen LogP) is 3.58. The number of anilines is 1. The Labute approximate surface area is 199 Å². The fourth-order valence-corrected chi connectivity index (χ4v) is 4.03. The Balaban J connectivity index is 2.36. The summed E-state index contributed by atoms with van der Waals surface area (Å²) in [5.41, 5.74) is 0.874. The van der Waals surface area contributed by atoms with Gasteiger partial charge in [-0.1, -0.05) is 30.7 Å². The summed E-state index contributed by atoms with van der Waals surface area (Å²) in [6.07, 6.45) is 1.68. The highest BCUT2D eigenvalue weighted by Gasteiger charge is 2.30. The van der Waals surface area contributed by atoms with Crippen molar-refractivity contribution in [3.8, 4) is 0 Å². The third kappa shape index (κ3) is 7.71. The first-order valence-corrected chi connectivity index (χ1v) is 12.7. The summed E-state index contributed by atoms with van der Waals surface area (Å²) in [6.45, 7) is 4.91. The average molecular weight is 498 g/mol. The van der Waals surface area contributed by atoms with Gasteiger partial charge in [-0.15, -0.1) is 0 Å². The lowest BCUT2D eigenvalue weighted by atomic mass is 10.1. The maximum Gasteiger partial charge on any atom is 0.244 e. The number of carbonyl (C=O) groups excluding carboxylic acids is 2. The Hall–Kier alpha value is -2.65. The molecule has 0 unspecified atom stereocenters. The van der Waals surface area contributed by atoms with Gasteiger partial charge < -0.3 is 10.2 Å². The van der Waals surface area contributed by atoms with Gasteiger partial charge in [-0.3, -0.25) is 13.9 Å². The second-order valence-electron chi connectivity index (χ2n) is 7.89. The van der Waals surface area contributed by atoms with Crippen LogP contribution < -0.4 is 9.62 Å². The van der Waals surface area contributed by atoms with Crippen LogP contribution in [0.3, 0.4) is 0 Å². The van der Waals surface area contributed by atoms with Crippen molar-refractivity contribution in [3.05, 3.63) is 64.9 Å². The summed E-state index contributed by atoms with van der Waals surface area (Å²) in [6, 6.07) is 10.7. The lowest BCUT2D eigenvalue weighted by Gasteiger charge is -2.32. The molecule has 0 bridgehead atoms. The molecule has 0 aliphatic rings. The number of nitrogens with one attached hydrogen (secondary N) is 1. The van der Waals surface area contributed by atoms with Crippen LogP contribution in [0.1, 0.15) is 32.8 Å². The van der Waals surface area contributed by atoms with Crippen molar-refractivity contribution >= 4 is 39.1 Å². The zero-order valence-electron chi connectivity index (χ0n) is 19.1. The molecule has 0 saturated carbocycles. The van der Waals surface area contributed by atoms with E-state index in [2.05, 4.69) is 5.32 Å². The summed E-state index contributed by atoms with van der Waals surface area (Å²) in [5, 5.41) is 3.38. The molecule has 0 radical (unpaired) electrons. The molecule has 2 aromatic rings. The number of benzene rings is 2. The van der Waals surface area contributed by atoms with Gasteiger partial charge in [0.1, 0.15) is 18.4 Å². The van der Waals surface area contributed by atoms with Crippen LogP contribution in [0.5, 0.6) is 0 Å². The Morgan fingerprint density at radius 2 is 1.64 bits per heavy atom. The lowest BCUT2D eigenvalue weighted by molar-refractivity contribution is -0.139. The van der Waals surface area contributed by atoms with Crippen LogP contribution in [0, 0.1) is 5.82 Å². The molecular formula is C23H29ClFN3O4S. The van der Waals surface area contributed by atoms with Crippen LogP contribution in [0.2, 0.25) is 5.02 Å². The highest BCUT2D eigenvalue weighted by molar-refractivity contribution is 7.92. The van der Waals surface area contributed by atoms with Crippen molar-refractivity contribution in [2.45, 2.75) is 45.8 Å². The molecule has 180 valence electrons. The number of amides is 2. The molecule has 0 aliphatic heterocycles. The van der Waals surface area contributed by atoms with Crippen molar-refractivity contribution in [1.29, 1.82) is 0 Å². The molecule has 1 N–H and O–H groups in total. The van der Waals surface area contributed by atoms with E-state index in [0.29, 0.717) is 5.02 Å².